The van der Waals surface area contributed by atoms with Gasteiger partial charge in [0.25, 0.3) is 5.91 Å². The molecular formula is C12H17N3O2. The quantitative estimate of drug-likeness (QED) is 0.679. The van der Waals surface area contributed by atoms with Gasteiger partial charge in [-0.2, -0.15) is 0 Å². The van der Waals surface area contributed by atoms with Gasteiger partial charge in [-0.15, -0.1) is 0 Å². The Kier molecular flexibility index (Phi) is 5.00. The minimum atomic E-state index is -0.426. The molecular weight excluding hydrogens is 218 g/mol. The predicted molar refractivity (Wildman–Crippen MR) is 66.8 cm³/mol. The van der Waals surface area contributed by atoms with Crippen molar-refractivity contribution in [3.05, 3.63) is 29.8 Å². The van der Waals surface area contributed by atoms with E-state index < -0.39 is 5.91 Å². The zero-order chi connectivity index (χ0) is 12.7. The molecule has 1 aromatic carbocycles. The molecule has 0 aliphatic heterocycles. The Bertz CT molecular complexity index is 404. The SMILES string of the molecule is CCNc1ccccc1C(=O)NCCC(N)=O. The van der Waals surface area contributed by atoms with Crippen LogP contribution < -0.4 is 16.4 Å². The van der Waals surface area contributed by atoms with Crippen molar-refractivity contribution in [2.45, 2.75) is 13.3 Å². The maximum Gasteiger partial charge on any atom is 0.253 e. The second-order valence-corrected chi connectivity index (χ2v) is 3.55. The smallest absolute Gasteiger partial charge is 0.253 e. The lowest BCUT2D eigenvalue weighted by molar-refractivity contribution is -0.117. The average molecular weight is 235 g/mol. The van der Waals surface area contributed by atoms with Crippen LogP contribution >= 0.6 is 0 Å². The van der Waals surface area contributed by atoms with Gasteiger partial charge in [0.2, 0.25) is 5.91 Å². The highest BCUT2D eigenvalue weighted by Crippen LogP contribution is 2.14. The molecule has 1 aromatic rings. The molecule has 2 amide bonds. The Morgan fingerprint density at radius 3 is 2.65 bits per heavy atom. The molecule has 0 heterocycles. The molecule has 0 saturated heterocycles. The van der Waals surface area contributed by atoms with Crippen molar-refractivity contribution in [1.82, 2.24) is 5.32 Å². The Hall–Kier alpha value is -2.04. The van der Waals surface area contributed by atoms with E-state index in [1.807, 2.05) is 19.1 Å². The van der Waals surface area contributed by atoms with Gasteiger partial charge in [0.05, 0.1) is 5.56 Å². The van der Waals surface area contributed by atoms with E-state index >= 15 is 0 Å². The molecule has 0 aliphatic carbocycles. The molecule has 5 nitrogen and oxygen atoms in total. The fraction of sp³-hybridized carbons (Fsp3) is 0.333. The van der Waals surface area contributed by atoms with Crippen molar-refractivity contribution in [3.8, 4) is 0 Å². The summed E-state index contributed by atoms with van der Waals surface area (Å²) < 4.78 is 0. The number of amides is 2. The minimum Gasteiger partial charge on any atom is -0.385 e. The normalized spacial score (nSPS) is 9.71. The number of nitrogens with two attached hydrogens (primary N) is 1. The van der Waals surface area contributed by atoms with E-state index in [0.29, 0.717) is 5.56 Å². The van der Waals surface area contributed by atoms with Crippen LogP contribution in [0.25, 0.3) is 0 Å². The number of carbonyl (C=O) groups excluding carboxylic acids is 2. The molecule has 92 valence electrons. The second-order valence-electron chi connectivity index (χ2n) is 3.55. The number of nitrogens with one attached hydrogen (secondary N) is 2. The molecule has 17 heavy (non-hydrogen) atoms. The zero-order valence-corrected chi connectivity index (χ0v) is 9.82. The summed E-state index contributed by atoms with van der Waals surface area (Å²) in [6.45, 7) is 2.96. The molecule has 0 saturated carbocycles. The van der Waals surface area contributed by atoms with Crippen molar-refractivity contribution in [3.63, 3.8) is 0 Å². The Morgan fingerprint density at radius 2 is 2.00 bits per heavy atom. The van der Waals surface area contributed by atoms with Crippen LogP contribution in [0.3, 0.4) is 0 Å². The highest BCUT2D eigenvalue weighted by atomic mass is 16.2. The molecule has 0 aromatic heterocycles. The van der Waals surface area contributed by atoms with Gasteiger partial charge in [0.15, 0.2) is 0 Å². The summed E-state index contributed by atoms with van der Waals surface area (Å²) in [5.41, 5.74) is 6.34. The lowest BCUT2D eigenvalue weighted by Crippen LogP contribution is -2.28. The van der Waals surface area contributed by atoms with E-state index in [9.17, 15) is 9.59 Å². The Morgan fingerprint density at radius 1 is 1.29 bits per heavy atom. The first-order valence-corrected chi connectivity index (χ1v) is 5.54. The zero-order valence-electron chi connectivity index (χ0n) is 9.82. The van der Waals surface area contributed by atoms with E-state index in [0.717, 1.165) is 12.2 Å². The summed E-state index contributed by atoms with van der Waals surface area (Å²) in [7, 11) is 0. The lowest BCUT2D eigenvalue weighted by atomic mass is 10.1. The van der Waals surface area contributed by atoms with Crippen LogP contribution in [0.15, 0.2) is 24.3 Å². The summed E-state index contributed by atoms with van der Waals surface area (Å²) in [6.07, 6.45) is 0.148. The fourth-order valence-electron chi connectivity index (χ4n) is 1.42. The highest BCUT2D eigenvalue weighted by Gasteiger charge is 2.09. The molecule has 5 heteroatoms. The molecule has 0 unspecified atom stereocenters. The summed E-state index contributed by atoms with van der Waals surface area (Å²) in [5.74, 6) is -0.631. The third-order valence-electron chi connectivity index (χ3n) is 2.20. The molecule has 0 fully saturated rings. The number of anilines is 1. The second kappa shape index (κ2) is 6.52. The van der Waals surface area contributed by atoms with Crippen LogP contribution in [-0.2, 0) is 4.79 Å². The van der Waals surface area contributed by atoms with Crippen LogP contribution in [-0.4, -0.2) is 24.9 Å². The largest absolute Gasteiger partial charge is 0.385 e. The molecule has 0 spiro atoms. The third-order valence-corrected chi connectivity index (χ3v) is 2.20. The van der Waals surface area contributed by atoms with Gasteiger partial charge in [0.1, 0.15) is 0 Å². The maximum absolute atomic E-state index is 11.8. The Labute approximate surface area is 100 Å². The fourth-order valence-corrected chi connectivity index (χ4v) is 1.42. The first-order chi connectivity index (χ1) is 8.15. The van der Waals surface area contributed by atoms with Gasteiger partial charge in [-0.3, -0.25) is 9.59 Å². The predicted octanol–water partition coefficient (Wildman–Crippen LogP) is 0.724. The number of rotatable bonds is 6. The number of hydrogen-bond donors (Lipinski definition) is 3. The number of hydrogen-bond acceptors (Lipinski definition) is 3. The summed E-state index contributed by atoms with van der Waals surface area (Å²) in [5, 5.41) is 5.75. The summed E-state index contributed by atoms with van der Waals surface area (Å²) in [4.78, 5) is 22.4. The van der Waals surface area contributed by atoms with Crippen LogP contribution in [0.2, 0.25) is 0 Å². The minimum absolute atomic E-state index is 0.148. The van der Waals surface area contributed by atoms with Crippen LogP contribution in [0.4, 0.5) is 5.69 Å². The van der Waals surface area contributed by atoms with Gasteiger partial charge in [0, 0.05) is 25.2 Å². The molecule has 1 rings (SSSR count). The third kappa shape index (κ3) is 4.14. The number of carbonyl (C=O) groups is 2. The average Bonchev–Trinajstić information content (AvgIpc) is 2.29. The molecule has 0 bridgehead atoms. The van der Waals surface area contributed by atoms with E-state index in [4.69, 9.17) is 5.73 Å². The maximum atomic E-state index is 11.8. The van der Waals surface area contributed by atoms with Crippen molar-refractivity contribution in [2.75, 3.05) is 18.4 Å². The van der Waals surface area contributed by atoms with E-state index in [-0.39, 0.29) is 18.9 Å². The van der Waals surface area contributed by atoms with E-state index in [1.54, 1.807) is 12.1 Å². The standard InChI is InChI=1S/C12H17N3O2/c1-2-14-10-6-4-3-5-9(10)12(17)15-8-7-11(13)16/h3-6,14H,2,7-8H2,1H3,(H2,13,16)(H,15,17). The van der Waals surface area contributed by atoms with E-state index in [1.165, 1.54) is 0 Å². The Balaban J connectivity index is 2.64. The van der Waals surface area contributed by atoms with Crippen LogP contribution in [0.1, 0.15) is 23.7 Å². The summed E-state index contributed by atoms with van der Waals surface area (Å²) >= 11 is 0. The monoisotopic (exact) mass is 235 g/mol. The topological polar surface area (TPSA) is 84.2 Å². The van der Waals surface area contributed by atoms with Gasteiger partial charge >= 0.3 is 0 Å². The molecule has 4 N–H and O–H groups in total. The number of benzene rings is 1. The van der Waals surface area contributed by atoms with Gasteiger partial charge in [-0.05, 0) is 19.1 Å². The molecule has 0 aliphatic rings. The highest BCUT2D eigenvalue weighted by molar-refractivity contribution is 5.99. The number of primary amides is 1. The van der Waals surface area contributed by atoms with Gasteiger partial charge in [-0.25, -0.2) is 0 Å². The summed E-state index contributed by atoms with van der Waals surface area (Å²) in [6, 6.07) is 7.23. The van der Waals surface area contributed by atoms with Crippen molar-refractivity contribution >= 4 is 17.5 Å². The van der Waals surface area contributed by atoms with Crippen molar-refractivity contribution < 1.29 is 9.59 Å². The molecule has 0 radical (unpaired) electrons. The van der Waals surface area contributed by atoms with E-state index in [2.05, 4.69) is 10.6 Å². The first kappa shape index (κ1) is 13.0. The van der Waals surface area contributed by atoms with Crippen LogP contribution in [0.5, 0.6) is 0 Å². The number of para-hydroxylation sites is 1. The van der Waals surface area contributed by atoms with Crippen molar-refractivity contribution in [2.24, 2.45) is 5.73 Å². The van der Waals surface area contributed by atoms with Crippen LogP contribution in [0, 0.1) is 0 Å². The lowest BCUT2D eigenvalue weighted by Gasteiger charge is -2.10. The first-order valence-electron chi connectivity index (χ1n) is 5.54. The van der Waals surface area contributed by atoms with Gasteiger partial charge in [-0.1, -0.05) is 12.1 Å². The van der Waals surface area contributed by atoms with Gasteiger partial charge < -0.3 is 16.4 Å². The van der Waals surface area contributed by atoms with Crippen molar-refractivity contribution in [1.29, 1.82) is 0 Å². The molecule has 0 atom stereocenters.